The lowest BCUT2D eigenvalue weighted by Crippen LogP contribution is -2.33. The van der Waals surface area contributed by atoms with Gasteiger partial charge in [-0.1, -0.05) is 36.4 Å². The highest BCUT2D eigenvalue weighted by Crippen LogP contribution is 2.07. The Morgan fingerprint density at radius 3 is 2.59 bits per heavy atom. The molecule has 6 heteroatoms. The maximum Gasteiger partial charge on any atom is 0.212 e. The summed E-state index contributed by atoms with van der Waals surface area (Å²) in [7, 11) is 1.59. The lowest BCUT2D eigenvalue weighted by molar-refractivity contribution is 0.397. The largest absolute Gasteiger partial charge is 0.481 e. The number of guanidine groups is 1. The Morgan fingerprint density at radius 2 is 1.95 bits per heavy atom. The number of ether oxygens (including phenoxy) is 1. The smallest absolute Gasteiger partial charge is 0.212 e. The van der Waals surface area contributed by atoms with Crippen molar-refractivity contribution in [1.29, 1.82) is 0 Å². The van der Waals surface area contributed by atoms with Gasteiger partial charge in [-0.25, -0.2) is 9.98 Å². The van der Waals surface area contributed by atoms with Crippen LogP contribution < -0.4 is 15.8 Å². The molecule has 0 saturated heterocycles. The lowest BCUT2D eigenvalue weighted by Gasteiger charge is -2.06. The number of benzene rings is 1. The molecule has 1 heterocycles. The van der Waals surface area contributed by atoms with Crippen LogP contribution in [-0.2, 0) is 13.0 Å². The zero-order valence-corrected chi connectivity index (χ0v) is 14.9. The summed E-state index contributed by atoms with van der Waals surface area (Å²) < 4.78 is 5.01. The summed E-state index contributed by atoms with van der Waals surface area (Å²) in [5, 5.41) is 3.11. The van der Waals surface area contributed by atoms with Gasteiger partial charge in [-0.3, -0.25) is 0 Å². The van der Waals surface area contributed by atoms with E-state index in [-0.39, 0.29) is 24.0 Å². The fourth-order valence-corrected chi connectivity index (χ4v) is 1.84. The molecule has 1 aromatic carbocycles. The molecule has 0 aliphatic carbocycles. The van der Waals surface area contributed by atoms with Gasteiger partial charge < -0.3 is 15.8 Å². The fourth-order valence-electron chi connectivity index (χ4n) is 1.84. The van der Waals surface area contributed by atoms with E-state index < -0.39 is 0 Å². The average molecular weight is 412 g/mol. The molecule has 0 aliphatic heterocycles. The van der Waals surface area contributed by atoms with E-state index in [1.54, 1.807) is 13.3 Å². The van der Waals surface area contributed by atoms with Crippen molar-refractivity contribution in [3.63, 3.8) is 0 Å². The second-order valence-corrected chi connectivity index (χ2v) is 4.57. The first-order valence-corrected chi connectivity index (χ1v) is 6.84. The van der Waals surface area contributed by atoms with E-state index in [2.05, 4.69) is 27.4 Å². The van der Waals surface area contributed by atoms with Crippen molar-refractivity contribution < 1.29 is 4.74 Å². The van der Waals surface area contributed by atoms with E-state index in [4.69, 9.17) is 10.5 Å². The van der Waals surface area contributed by atoms with Crippen LogP contribution in [0.5, 0.6) is 5.88 Å². The van der Waals surface area contributed by atoms with Gasteiger partial charge in [0.1, 0.15) is 0 Å². The van der Waals surface area contributed by atoms with Gasteiger partial charge in [0.15, 0.2) is 5.96 Å². The number of nitrogens with one attached hydrogen (secondary N) is 1. The number of halogens is 1. The molecule has 0 saturated carbocycles. The predicted molar refractivity (Wildman–Crippen MR) is 99.7 cm³/mol. The summed E-state index contributed by atoms with van der Waals surface area (Å²) in [5.41, 5.74) is 8.10. The molecule has 0 unspecified atom stereocenters. The molecule has 0 aliphatic rings. The maximum absolute atomic E-state index is 5.84. The number of pyridine rings is 1. The highest BCUT2D eigenvalue weighted by atomic mass is 127. The van der Waals surface area contributed by atoms with E-state index in [0.717, 1.165) is 18.5 Å². The van der Waals surface area contributed by atoms with Crippen LogP contribution in [0.25, 0.3) is 0 Å². The van der Waals surface area contributed by atoms with Crippen LogP contribution in [0.2, 0.25) is 0 Å². The normalized spacial score (nSPS) is 10.7. The summed E-state index contributed by atoms with van der Waals surface area (Å²) in [4.78, 5) is 8.41. The zero-order valence-electron chi connectivity index (χ0n) is 12.5. The molecule has 2 rings (SSSR count). The van der Waals surface area contributed by atoms with Gasteiger partial charge in [0.25, 0.3) is 0 Å². The Labute approximate surface area is 148 Å². The Balaban J connectivity index is 0.00000242. The van der Waals surface area contributed by atoms with Crippen LogP contribution >= 0.6 is 24.0 Å². The van der Waals surface area contributed by atoms with Crippen molar-refractivity contribution in [2.24, 2.45) is 10.7 Å². The quantitative estimate of drug-likeness (QED) is 0.434. The second kappa shape index (κ2) is 9.99. The number of aliphatic imine (C=N–C) groups is 1. The standard InChI is InChI=1S/C16H20N4O.HI/c1-21-15-8-7-14(11-19-15)12-20-16(17)18-10-9-13-5-3-2-4-6-13;/h2-8,11H,9-10,12H2,1H3,(H3,17,18,20);1H. The fraction of sp³-hybridized carbons (Fsp3) is 0.250. The average Bonchev–Trinajstić information content (AvgIpc) is 2.54. The minimum Gasteiger partial charge on any atom is -0.481 e. The van der Waals surface area contributed by atoms with Crippen molar-refractivity contribution >= 4 is 29.9 Å². The Kier molecular flexibility index (Phi) is 8.27. The minimum absolute atomic E-state index is 0. The Bertz CT molecular complexity index is 572. The lowest BCUT2D eigenvalue weighted by atomic mass is 10.1. The van der Waals surface area contributed by atoms with E-state index in [1.807, 2.05) is 30.3 Å². The summed E-state index contributed by atoms with van der Waals surface area (Å²) in [6.45, 7) is 1.27. The van der Waals surface area contributed by atoms with Gasteiger partial charge in [-0.2, -0.15) is 0 Å². The molecule has 0 spiro atoms. The van der Waals surface area contributed by atoms with E-state index in [1.165, 1.54) is 5.56 Å². The highest BCUT2D eigenvalue weighted by Gasteiger charge is 1.96. The molecule has 0 fully saturated rings. The first kappa shape index (κ1) is 18.2. The number of hydrogen-bond acceptors (Lipinski definition) is 3. The molecular formula is C16H21IN4O. The van der Waals surface area contributed by atoms with Crippen molar-refractivity contribution in [1.82, 2.24) is 10.3 Å². The third kappa shape index (κ3) is 6.30. The van der Waals surface area contributed by atoms with Crippen LogP contribution in [0.1, 0.15) is 11.1 Å². The zero-order chi connectivity index (χ0) is 14.9. The third-order valence-electron chi connectivity index (χ3n) is 3.00. The topological polar surface area (TPSA) is 72.5 Å². The van der Waals surface area contributed by atoms with E-state index in [9.17, 15) is 0 Å². The molecule has 0 atom stereocenters. The number of hydrogen-bond donors (Lipinski definition) is 2. The van der Waals surface area contributed by atoms with Gasteiger partial charge in [0.2, 0.25) is 5.88 Å². The molecule has 0 amide bonds. The van der Waals surface area contributed by atoms with Gasteiger partial charge in [-0.15, -0.1) is 24.0 Å². The summed E-state index contributed by atoms with van der Waals surface area (Å²) >= 11 is 0. The summed E-state index contributed by atoms with van der Waals surface area (Å²) in [6, 6.07) is 14.0. The minimum atomic E-state index is 0. The monoisotopic (exact) mass is 412 g/mol. The molecule has 22 heavy (non-hydrogen) atoms. The van der Waals surface area contributed by atoms with Crippen LogP contribution in [0.4, 0.5) is 0 Å². The van der Waals surface area contributed by atoms with Crippen molar-refractivity contribution in [2.75, 3.05) is 13.7 Å². The number of nitrogens with two attached hydrogens (primary N) is 1. The van der Waals surface area contributed by atoms with Crippen molar-refractivity contribution in [3.8, 4) is 5.88 Å². The van der Waals surface area contributed by atoms with Crippen LogP contribution in [0.15, 0.2) is 53.7 Å². The summed E-state index contributed by atoms with van der Waals surface area (Å²) in [6.07, 6.45) is 2.65. The number of rotatable bonds is 6. The van der Waals surface area contributed by atoms with E-state index >= 15 is 0 Å². The maximum atomic E-state index is 5.84. The SMILES string of the molecule is COc1ccc(CN=C(N)NCCc2ccccc2)cn1.I. The number of aromatic nitrogens is 1. The third-order valence-corrected chi connectivity index (χ3v) is 3.00. The van der Waals surface area contributed by atoms with E-state index in [0.29, 0.717) is 18.4 Å². The predicted octanol–water partition coefficient (Wildman–Crippen LogP) is 2.36. The van der Waals surface area contributed by atoms with Gasteiger partial charge >= 0.3 is 0 Å². The molecule has 2 aromatic rings. The molecule has 3 N–H and O–H groups in total. The Morgan fingerprint density at radius 1 is 1.18 bits per heavy atom. The van der Waals surface area contributed by atoms with Gasteiger partial charge in [0.05, 0.1) is 13.7 Å². The molecule has 0 radical (unpaired) electrons. The molecule has 0 bridgehead atoms. The van der Waals surface area contributed by atoms with Crippen LogP contribution in [-0.4, -0.2) is 24.6 Å². The number of nitrogens with zero attached hydrogens (tertiary/aromatic N) is 2. The van der Waals surface area contributed by atoms with Crippen molar-refractivity contribution in [3.05, 3.63) is 59.8 Å². The van der Waals surface area contributed by atoms with Gasteiger partial charge in [0, 0.05) is 18.8 Å². The molecule has 5 nitrogen and oxygen atoms in total. The Hall–Kier alpha value is -1.83. The first-order valence-electron chi connectivity index (χ1n) is 6.84. The summed E-state index contributed by atoms with van der Waals surface area (Å²) in [5.74, 6) is 1.04. The first-order chi connectivity index (χ1) is 10.3. The second-order valence-electron chi connectivity index (χ2n) is 4.57. The van der Waals surface area contributed by atoms with Gasteiger partial charge in [-0.05, 0) is 17.5 Å². The molecule has 1 aromatic heterocycles. The molecule has 118 valence electrons. The van der Waals surface area contributed by atoms with Crippen molar-refractivity contribution in [2.45, 2.75) is 13.0 Å². The number of methoxy groups -OCH3 is 1. The highest BCUT2D eigenvalue weighted by molar-refractivity contribution is 14.0. The van der Waals surface area contributed by atoms with Crippen LogP contribution in [0, 0.1) is 0 Å². The molecular weight excluding hydrogens is 391 g/mol. The van der Waals surface area contributed by atoms with Crippen LogP contribution in [0.3, 0.4) is 0 Å².